The molecule has 1 heterocycles. The Morgan fingerprint density at radius 2 is 2.38 bits per heavy atom. The summed E-state index contributed by atoms with van der Waals surface area (Å²) in [4.78, 5) is 4.12. The van der Waals surface area contributed by atoms with Crippen molar-refractivity contribution in [2.75, 3.05) is 5.32 Å². The van der Waals surface area contributed by atoms with E-state index in [1.54, 1.807) is 6.20 Å². The van der Waals surface area contributed by atoms with Gasteiger partial charge >= 0.3 is 0 Å². The number of aromatic nitrogens is 1. The first kappa shape index (κ1) is 12.2. The van der Waals surface area contributed by atoms with Crippen LogP contribution in [0.4, 0.5) is 5.69 Å². The molecule has 1 aliphatic carbocycles. The average molecular weight is 304 g/mol. The van der Waals surface area contributed by atoms with Crippen molar-refractivity contribution in [1.29, 1.82) is 0 Å². The van der Waals surface area contributed by atoms with Crippen molar-refractivity contribution in [3.63, 3.8) is 0 Å². The minimum atomic E-state index is 0.517. The molecular weight excluding hydrogens is 288 g/mol. The monoisotopic (exact) mass is 302 g/mol. The topological polar surface area (TPSA) is 24.9 Å². The van der Waals surface area contributed by atoms with Gasteiger partial charge in [-0.2, -0.15) is 0 Å². The van der Waals surface area contributed by atoms with E-state index in [4.69, 9.17) is 11.6 Å². The van der Waals surface area contributed by atoms with Crippen LogP contribution in [0.3, 0.4) is 0 Å². The standard InChI is InChI=1S/C12H16BrClN2/c1-2-8-3-4-9(5-8)16-10-6-11(13)12(14)15-7-10/h6-9,16H,2-5H2,1H3. The van der Waals surface area contributed by atoms with Crippen LogP contribution in [0, 0.1) is 5.92 Å². The Morgan fingerprint density at radius 3 is 3.00 bits per heavy atom. The molecule has 2 nitrogen and oxygen atoms in total. The first-order valence-electron chi connectivity index (χ1n) is 5.76. The van der Waals surface area contributed by atoms with Crippen LogP contribution in [0.1, 0.15) is 32.6 Å². The van der Waals surface area contributed by atoms with Crippen LogP contribution in [0.25, 0.3) is 0 Å². The molecule has 4 heteroatoms. The van der Waals surface area contributed by atoms with Crippen LogP contribution in [-0.4, -0.2) is 11.0 Å². The van der Waals surface area contributed by atoms with Crippen molar-refractivity contribution < 1.29 is 0 Å². The van der Waals surface area contributed by atoms with Gasteiger partial charge in [-0.15, -0.1) is 0 Å². The Balaban J connectivity index is 1.97. The normalized spacial score (nSPS) is 24.7. The molecule has 16 heavy (non-hydrogen) atoms. The fourth-order valence-electron chi connectivity index (χ4n) is 2.31. The van der Waals surface area contributed by atoms with E-state index in [2.05, 4.69) is 33.2 Å². The second-order valence-electron chi connectivity index (χ2n) is 4.43. The van der Waals surface area contributed by atoms with E-state index in [0.29, 0.717) is 11.2 Å². The molecule has 1 aliphatic rings. The van der Waals surface area contributed by atoms with Gasteiger partial charge in [-0.1, -0.05) is 24.9 Å². The molecule has 0 aliphatic heterocycles. The maximum atomic E-state index is 5.86. The first-order chi connectivity index (χ1) is 7.69. The molecule has 0 radical (unpaired) electrons. The van der Waals surface area contributed by atoms with Crippen LogP contribution in [-0.2, 0) is 0 Å². The molecule has 0 amide bonds. The van der Waals surface area contributed by atoms with Gasteiger partial charge in [-0.3, -0.25) is 0 Å². The smallest absolute Gasteiger partial charge is 0.143 e. The molecule has 0 bridgehead atoms. The minimum Gasteiger partial charge on any atom is -0.381 e. The Hall–Kier alpha value is -0.280. The lowest BCUT2D eigenvalue weighted by Crippen LogP contribution is -2.15. The lowest BCUT2D eigenvalue weighted by atomic mass is 10.1. The van der Waals surface area contributed by atoms with Gasteiger partial charge in [0, 0.05) is 6.04 Å². The molecule has 0 spiro atoms. The highest BCUT2D eigenvalue weighted by atomic mass is 79.9. The molecule has 1 saturated carbocycles. The number of rotatable bonds is 3. The molecular formula is C12H16BrClN2. The summed E-state index contributed by atoms with van der Waals surface area (Å²) in [7, 11) is 0. The maximum absolute atomic E-state index is 5.86. The summed E-state index contributed by atoms with van der Waals surface area (Å²) in [5, 5.41) is 4.04. The van der Waals surface area contributed by atoms with Crippen LogP contribution in [0.2, 0.25) is 5.15 Å². The SMILES string of the molecule is CCC1CCC(Nc2cnc(Cl)c(Br)c2)C1. The number of halogens is 2. The number of nitrogens with one attached hydrogen (secondary N) is 1. The van der Waals surface area contributed by atoms with E-state index in [-0.39, 0.29) is 0 Å². The van der Waals surface area contributed by atoms with E-state index in [1.165, 1.54) is 25.7 Å². The third-order valence-corrected chi connectivity index (χ3v) is 4.42. The van der Waals surface area contributed by atoms with Crippen LogP contribution >= 0.6 is 27.5 Å². The second-order valence-corrected chi connectivity index (χ2v) is 5.64. The molecule has 1 aromatic heterocycles. The second kappa shape index (κ2) is 5.37. The predicted octanol–water partition coefficient (Wildman–Crippen LogP) is 4.49. The lowest BCUT2D eigenvalue weighted by Gasteiger charge is -2.14. The summed E-state index contributed by atoms with van der Waals surface area (Å²) in [6, 6.07) is 2.59. The number of nitrogens with zero attached hydrogens (tertiary/aromatic N) is 1. The zero-order valence-corrected chi connectivity index (χ0v) is 11.7. The van der Waals surface area contributed by atoms with E-state index in [0.717, 1.165) is 16.1 Å². The highest BCUT2D eigenvalue weighted by Gasteiger charge is 2.23. The van der Waals surface area contributed by atoms with E-state index >= 15 is 0 Å². The zero-order valence-electron chi connectivity index (χ0n) is 9.34. The molecule has 0 saturated heterocycles. The average Bonchev–Trinajstić information content (AvgIpc) is 2.71. The summed E-state index contributed by atoms with van der Waals surface area (Å²) in [5.41, 5.74) is 1.05. The van der Waals surface area contributed by atoms with Crippen LogP contribution in [0.15, 0.2) is 16.7 Å². The van der Waals surface area contributed by atoms with Crippen molar-refractivity contribution >= 4 is 33.2 Å². The van der Waals surface area contributed by atoms with Crippen molar-refractivity contribution in [2.45, 2.75) is 38.6 Å². The summed E-state index contributed by atoms with van der Waals surface area (Å²) in [5.74, 6) is 0.890. The molecule has 1 aromatic rings. The third kappa shape index (κ3) is 2.89. The Bertz CT molecular complexity index is 370. The summed E-state index contributed by atoms with van der Waals surface area (Å²) in [6.07, 6.45) is 6.97. The molecule has 1 N–H and O–H groups in total. The highest BCUT2D eigenvalue weighted by Crippen LogP contribution is 2.31. The van der Waals surface area contributed by atoms with Gasteiger partial charge in [0.15, 0.2) is 0 Å². The predicted molar refractivity (Wildman–Crippen MR) is 72.0 cm³/mol. The van der Waals surface area contributed by atoms with Gasteiger partial charge in [0.2, 0.25) is 0 Å². The van der Waals surface area contributed by atoms with Gasteiger partial charge in [-0.05, 0) is 47.2 Å². The van der Waals surface area contributed by atoms with Gasteiger partial charge in [0.1, 0.15) is 5.15 Å². The fraction of sp³-hybridized carbons (Fsp3) is 0.583. The van der Waals surface area contributed by atoms with Crippen molar-refractivity contribution in [2.24, 2.45) is 5.92 Å². The zero-order chi connectivity index (χ0) is 11.5. The fourth-order valence-corrected chi connectivity index (χ4v) is 2.77. The first-order valence-corrected chi connectivity index (χ1v) is 6.93. The molecule has 2 rings (SSSR count). The van der Waals surface area contributed by atoms with Crippen LogP contribution < -0.4 is 5.32 Å². The number of hydrogen-bond donors (Lipinski definition) is 1. The maximum Gasteiger partial charge on any atom is 0.143 e. The Kier molecular flexibility index (Phi) is 4.09. The summed E-state index contributed by atoms with van der Waals surface area (Å²) >= 11 is 9.24. The quantitative estimate of drug-likeness (QED) is 0.832. The molecule has 88 valence electrons. The van der Waals surface area contributed by atoms with Crippen molar-refractivity contribution in [1.82, 2.24) is 4.98 Å². The van der Waals surface area contributed by atoms with Gasteiger partial charge in [0.05, 0.1) is 16.4 Å². The highest BCUT2D eigenvalue weighted by molar-refractivity contribution is 9.10. The van der Waals surface area contributed by atoms with Gasteiger partial charge < -0.3 is 5.32 Å². The molecule has 2 unspecified atom stereocenters. The van der Waals surface area contributed by atoms with Crippen molar-refractivity contribution in [3.05, 3.63) is 21.9 Å². The summed E-state index contributed by atoms with van der Waals surface area (Å²) < 4.78 is 0.851. The lowest BCUT2D eigenvalue weighted by molar-refractivity contribution is 0.525. The van der Waals surface area contributed by atoms with Gasteiger partial charge in [0.25, 0.3) is 0 Å². The molecule has 2 atom stereocenters. The number of pyridine rings is 1. The molecule has 0 aromatic carbocycles. The third-order valence-electron chi connectivity index (χ3n) is 3.29. The van der Waals surface area contributed by atoms with Crippen LogP contribution in [0.5, 0.6) is 0 Å². The van der Waals surface area contributed by atoms with E-state index < -0.39 is 0 Å². The molecule has 1 fully saturated rings. The minimum absolute atomic E-state index is 0.517. The van der Waals surface area contributed by atoms with Gasteiger partial charge in [-0.25, -0.2) is 4.98 Å². The Labute approximate surface area is 110 Å². The number of hydrogen-bond acceptors (Lipinski definition) is 2. The number of anilines is 1. The van der Waals surface area contributed by atoms with Crippen molar-refractivity contribution in [3.8, 4) is 0 Å². The largest absolute Gasteiger partial charge is 0.381 e. The Morgan fingerprint density at radius 1 is 1.56 bits per heavy atom. The summed E-state index contributed by atoms with van der Waals surface area (Å²) in [6.45, 7) is 2.27. The van der Waals surface area contributed by atoms with E-state index in [9.17, 15) is 0 Å². The van der Waals surface area contributed by atoms with E-state index in [1.807, 2.05) is 6.07 Å².